The van der Waals surface area contributed by atoms with E-state index in [1.54, 1.807) is 37.4 Å². The van der Waals surface area contributed by atoms with E-state index in [2.05, 4.69) is 15.9 Å². The molecule has 0 aliphatic carbocycles. The molecule has 19 heavy (non-hydrogen) atoms. The molecule has 0 saturated carbocycles. The molecule has 0 saturated heterocycles. The molecule has 1 unspecified atom stereocenters. The van der Waals surface area contributed by atoms with Crippen molar-refractivity contribution in [2.24, 2.45) is 5.73 Å². The molecular formula is C14H12BrClFNO. The molecule has 1 atom stereocenters. The summed E-state index contributed by atoms with van der Waals surface area (Å²) in [7, 11) is 1.55. The fourth-order valence-electron chi connectivity index (χ4n) is 1.81. The Labute approximate surface area is 124 Å². The predicted molar refractivity (Wildman–Crippen MR) is 78.1 cm³/mol. The van der Waals surface area contributed by atoms with Crippen LogP contribution in [0.3, 0.4) is 0 Å². The smallest absolute Gasteiger partial charge is 0.128 e. The Kier molecular flexibility index (Phi) is 4.45. The molecule has 0 aliphatic heterocycles. The van der Waals surface area contributed by atoms with Crippen molar-refractivity contribution >= 4 is 27.5 Å². The van der Waals surface area contributed by atoms with Gasteiger partial charge in [0.15, 0.2) is 0 Å². The van der Waals surface area contributed by atoms with Crippen LogP contribution in [0.2, 0.25) is 5.02 Å². The van der Waals surface area contributed by atoms with Crippen molar-refractivity contribution in [3.63, 3.8) is 0 Å². The second-order valence-electron chi connectivity index (χ2n) is 4.03. The molecule has 0 amide bonds. The summed E-state index contributed by atoms with van der Waals surface area (Å²) in [5.74, 6) is 0.276. The van der Waals surface area contributed by atoms with E-state index < -0.39 is 6.04 Å². The summed E-state index contributed by atoms with van der Waals surface area (Å²) in [6, 6.07) is 9.17. The Morgan fingerprint density at radius 3 is 2.58 bits per heavy atom. The van der Waals surface area contributed by atoms with Crippen molar-refractivity contribution < 1.29 is 9.13 Å². The van der Waals surface area contributed by atoms with Crippen LogP contribution in [0.25, 0.3) is 0 Å². The van der Waals surface area contributed by atoms with E-state index in [0.717, 1.165) is 4.47 Å². The first-order valence-electron chi connectivity index (χ1n) is 5.57. The molecular weight excluding hydrogens is 333 g/mol. The van der Waals surface area contributed by atoms with E-state index in [4.69, 9.17) is 22.1 Å². The average Bonchev–Trinajstić information content (AvgIpc) is 2.40. The highest BCUT2D eigenvalue weighted by molar-refractivity contribution is 9.10. The average molecular weight is 345 g/mol. The van der Waals surface area contributed by atoms with Gasteiger partial charge in [0.25, 0.3) is 0 Å². The normalized spacial score (nSPS) is 12.3. The monoisotopic (exact) mass is 343 g/mol. The first kappa shape index (κ1) is 14.3. The SMILES string of the molecule is COc1ccc(C(N)c2cc(Br)ccc2F)c(Cl)c1. The molecule has 2 N–H and O–H groups in total. The van der Waals surface area contributed by atoms with Gasteiger partial charge in [-0.05, 0) is 35.9 Å². The van der Waals surface area contributed by atoms with Crippen LogP contribution in [0.1, 0.15) is 17.2 Å². The molecule has 2 nitrogen and oxygen atoms in total. The van der Waals surface area contributed by atoms with Crippen LogP contribution < -0.4 is 10.5 Å². The molecule has 0 radical (unpaired) electrons. The Morgan fingerprint density at radius 2 is 1.95 bits per heavy atom. The molecule has 0 spiro atoms. The van der Waals surface area contributed by atoms with Crippen molar-refractivity contribution in [3.8, 4) is 5.75 Å². The maximum absolute atomic E-state index is 13.8. The quantitative estimate of drug-likeness (QED) is 0.901. The predicted octanol–water partition coefficient (Wildman–Crippen LogP) is 4.30. The van der Waals surface area contributed by atoms with E-state index in [9.17, 15) is 4.39 Å². The molecule has 2 rings (SSSR count). The molecule has 2 aromatic rings. The number of nitrogens with two attached hydrogens (primary N) is 1. The Morgan fingerprint density at radius 1 is 1.21 bits per heavy atom. The minimum atomic E-state index is -0.629. The van der Waals surface area contributed by atoms with Crippen molar-refractivity contribution in [2.45, 2.75) is 6.04 Å². The number of halogens is 3. The summed E-state index contributed by atoms with van der Waals surface area (Å²) >= 11 is 9.45. The maximum atomic E-state index is 13.8. The molecule has 0 aliphatic rings. The van der Waals surface area contributed by atoms with Gasteiger partial charge in [-0.15, -0.1) is 0 Å². The maximum Gasteiger partial charge on any atom is 0.128 e. The van der Waals surface area contributed by atoms with E-state index >= 15 is 0 Å². The zero-order chi connectivity index (χ0) is 14.0. The highest BCUT2D eigenvalue weighted by Gasteiger charge is 2.17. The number of rotatable bonds is 3. The van der Waals surface area contributed by atoms with Gasteiger partial charge in [-0.25, -0.2) is 4.39 Å². The lowest BCUT2D eigenvalue weighted by Crippen LogP contribution is -2.14. The standard InChI is InChI=1S/C14H12BrClFNO/c1-19-9-3-4-10(12(16)7-9)14(18)11-6-8(15)2-5-13(11)17/h2-7,14H,18H2,1H3. The fourth-order valence-corrected chi connectivity index (χ4v) is 2.47. The molecule has 0 fully saturated rings. The molecule has 0 aromatic heterocycles. The largest absolute Gasteiger partial charge is 0.497 e. The summed E-state index contributed by atoms with van der Waals surface area (Å²) in [5, 5.41) is 0.450. The van der Waals surface area contributed by atoms with E-state index in [-0.39, 0.29) is 5.82 Å². The number of ether oxygens (including phenoxy) is 1. The summed E-state index contributed by atoms with van der Waals surface area (Å²) in [4.78, 5) is 0. The zero-order valence-electron chi connectivity index (χ0n) is 10.2. The summed E-state index contributed by atoms with van der Waals surface area (Å²) < 4.78 is 19.7. The topological polar surface area (TPSA) is 35.2 Å². The van der Waals surface area contributed by atoms with Crippen molar-refractivity contribution in [1.29, 1.82) is 0 Å². The summed E-state index contributed by atoms with van der Waals surface area (Å²) in [6.07, 6.45) is 0. The van der Waals surface area contributed by atoms with Crippen molar-refractivity contribution in [2.75, 3.05) is 7.11 Å². The van der Waals surface area contributed by atoms with Gasteiger partial charge in [0.1, 0.15) is 11.6 Å². The lowest BCUT2D eigenvalue weighted by Gasteiger charge is -2.16. The van der Waals surface area contributed by atoms with E-state index in [1.165, 1.54) is 6.07 Å². The van der Waals surface area contributed by atoms with Crippen molar-refractivity contribution in [3.05, 3.63) is 62.8 Å². The Bertz CT molecular complexity index is 606. The summed E-state index contributed by atoms with van der Waals surface area (Å²) in [6.45, 7) is 0. The van der Waals surface area contributed by atoms with Crippen molar-refractivity contribution in [1.82, 2.24) is 0 Å². The third-order valence-corrected chi connectivity index (χ3v) is 3.66. The van der Waals surface area contributed by atoms with Gasteiger partial charge in [0.05, 0.1) is 13.2 Å². The van der Waals surface area contributed by atoms with Gasteiger partial charge in [0, 0.05) is 15.1 Å². The third kappa shape index (κ3) is 3.08. The summed E-state index contributed by atoms with van der Waals surface area (Å²) in [5.41, 5.74) is 7.13. The second kappa shape index (κ2) is 5.90. The van der Waals surface area contributed by atoms with Gasteiger partial charge >= 0.3 is 0 Å². The molecule has 100 valence electrons. The molecule has 0 heterocycles. The third-order valence-electron chi connectivity index (χ3n) is 2.84. The number of hydrogen-bond acceptors (Lipinski definition) is 2. The van der Waals surface area contributed by atoms with Crippen LogP contribution in [0.5, 0.6) is 5.75 Å². The lowest BCUT2D eigenvalue weighted by molar-refractivity contribution is 0.414. The Hall–Kier alpha value is -1.10. The van der Waals surface area contributed by atoms with E-state index in [1.807, 2.05) is 0 Å². The Balaban J connectivity index is 2.43. The zero-order valence-corrected chi connectivity index (χ0v) is 12.5. The molecule has 0 bridgehead atoms. The highest BCUT2D eigenvalue weighted by Crippen LogP contribution is 2.31. The van der Waals surface area contributed by atoms with Crippen LogP contribution in [-0.2, 0) is 0 Å². The van der Waals surface area contributed by atoms with Crippen LogP contribution in [0.4, 0.5) is 4.39 Å². The molecule has 2 aromatic carbocycles. The first-order chi connectivity index (χ1) is 9.02. The van der Waals surface area contributed by atoms with Gasteiger partial charge in [-0.1, -0.05) is 33.6 Å². The van der Waals surface area contributed by atoms with Gasteiger partial charge in [0.2, 0.25) is 0 Å². The van der Waals surface area contributed by atoms with Gasteiger partial charge in [-0.2, -0.15) is 0 Å². The van der Waals surface area contributed by atoms with Gasteiger partial charge < -0.3 is 10.5 Å². The van der Waals surface area contributed by atoms with Gasteiger partial charge in [-0.3, -0.25) is 0 Å². The highest BCUT2D eigenvalue weighted by atomic mass is 79.9. The fraction of sp³-hybridized carbons (Fsp3) is 0.143. The lowest BCUT2D eigenvalue weighted by atomic mass is 9.99. The van der Waals surface area contributed by atoms with Crippen LogP contribution in [0, 0.1) is 5.82 Å². The minimum absolute atomic E-state index is 0.359. The minimum Gasteiger partial charge on any atom is -0.497 e. The van der Waals surface area contributed by atoms with E-state index in [0.29, 0.717) is 21.9 Å². The number of benzene rings is 2. The number of methoxy groups -OCH3 is 1. The molecule has 5 heteroatoms. The first-order valence-corrected chi connectivity index (χ1v) is 6.74. The van der Waals surface area contributed by atoms with Crippen LogP contribution >= 0.6 is 27.5 Å². The van der Waals surface area contributed by atoms with Crippen LogP contribution in [-0.4, -0.2) is 7.11 Å². The second-order valence-corrected chi connectivity index (χ2v) is 5.35. The van der Waals surface area contributed by atoms with Crippen LogP contribution in [0.15, 0.2) is 40.9 Å². The number of hydrogen-bond donors (Lipinski definition) is 1.